The number of carbonyl (C=O) groups excluding carboxylic acids is 1. The third-order valence-corrected chi connectivity index (χ3v) is 5.12. The summed E-state index contributed by atoms with van der Waals surface area (Å²) in [5.74, 6) is 0.540. The molecule has 2 aliphatic heterocycles. The molecule has 2 fully saturated rings. The number of rotatable bonds is 6. The normalized spacial score (nSPS) is 21.7. The second kappa shape index (κ2) is 8.92. The van der Waals surface area contributed by atoms with E-state index in [0.29, 0.717) is 5.92 Å². The van der Waals surface area contributed by atoms with E-state index in [1.807, 2.05) is 6.07 Å². The molecule has 132 valence electrons. The van der Waals surface area contributed by atoms with E-state index in [1.54, 1.807) is 0 Å². The topological polar surface area (TPSA) is 47.6 Å². The third-order valence-electron chi connectivity index (χ3n) is 5.12. The summed E-state index contributed by atoms with van der Waals surface area (Å²) in [6.07, 6.45) is 5.09. The van der Waals surface area contributed by atoms with Crippen LogP contribution in [0.1, 0.15) is 25.7 Å². The van der Waals surface area contributed by atoms with E-state index < -0.39 is 0 Å². The van der Waals surface area contributed by atoms with Gasteiger partial charge >= 0.3 is 6.03 Å². The van der Waals surface area contributed by atoms with Crippen molar-refractivity contribution in [3.63, 3.8) is 0 Å². The Kier molecular flexibility index (Phi) is 6.35. The highest BCUT2D eigenvalue weighted by molar-refractivity contribution is 5.73. The zero-order chi connectivity index (χ0) is 16.6. The Hall–Kier alpha value is -1.75. The third kappa shape index (κ3) is 5.13. The van der Waals surface area contributed by atoms with Gasteiger partial charge in [-0.2, -0.15) is 0 Å². The first-order chi connectivity index (χ1) is 11.8. The van der Waals surface area contributed by atoms with Crippen LogP contribution in [0, 0.1) is 5.92 Å². The summed E-state index contributed by atoms with van der Waals surface area (Å²) in [7, 11) is 0. The fourth-order valence-electron chi connectivity index (χ4n) is 3.68. The lowest BCUT2D eigenvalue weighted by atomic mass is 10.1. The second-order valence-corrected chi connectivity index (χ2v) is 6.98. The number of nitrogens with one attached hydrogen (secondary N) is 2. The molecule has 1 aromatic carbocycles. The van der Waals surface area contributed by atoms with Crippen LogP contribution in [-0.2, 0) is 0 Å². The van der Waals surface area contributed by atoms with Crippen LogP contribution in [0.3, 0.4) is 0 Å². The predicted octanol–water partition coefficient (Wildman–Crippen LogP) is 2.30. The van der Waals surface area contributed by atoms with Crippen LogP contribution in [-0.4, -0.2) is 56.7 Å². The minimum atomic E-state index is -0.0230. The largest absolute Gasteiger partial charge is 0.371 e. The summed E-state index contributed by atoms with van der Waals surface area (Å²) in [4.78, 5) is 16.8. The van der Waals surface area contributed by atoms with Gasteiger partial charge < -0.3 is 20.4 Å². The van der Waals surface area contributed by atoms with Crippen LogP contribution in [0.5, 0.6) is 0 Å². The number of benzene rings is 1. The van der Waals surface area contributed by atoms with Crippen LogP contribution in [0.15, 0.2) is 30.3 Å². The van der Waals surface area contributed by atoms with Crippen LogP contribution in [0.25, 0.3) is 0 Å². The molecular weight excluding hydrogens is 300 g/mol. The van der Waals surface area contributed by atoms with E-state index in [2.05, 4.69) is 44.7 Å². The van der Waals surface area contributed by atoms with Crippen molar-refractivity contribution in [2.45, 2.75) is 25.7 Å². The Morgan fingerprint density at radius 1 is 1.04 bits per heavy atom. The molecule has 0 bridgehead atoms. The van der Waals surface area contributed by atoms with Gasteiger partial charge in [-0.1, -0.05) is 24.6 Å². The van der Waals surface area contributed by atoms with E-state index in [1.165, 1.54) is 38.0 Å². The molecule has 0 radical (unpaired) electrons. The SMILES string of the molecule is O=C(NCCN1CCCCC1)NCC1CCN(c2ccccc2)C1. The number of para-hydroxylation sites is 1. The van der Waals surface area contributed by atoms with Crippen molar-refractivity contribution in [1.82, 2.24) is 15.5 Å². The molecule has 0 spiro atoms. The number of hydrogen-bond acceptors (Lipinski definition) is 3. The standard InChI is InChI=1S/C19H30N4O/c24-19(20-10-14-22-11-5-2-6-12-22)21-15-17-9-13-23(16-17)18-7-3-1-4-8-18/h1,3-4,7-8,17H,2,5-6,9-16H2,(H2,20,21,24). The molecule has 0 aliphatic carbocycles. The maximum Gasteiger partial charge on any atom is 0.314 e. The fourth-order valence-corrected chi connectivity index (χ4v) is 3.68. The number of urea groups is 1. The van der Waals surface area contributed by atoms with Crippen molar-refractivity contribution in [3.05, 3.63) is 30.3 Å². The highest BCUT2D eigenvalue weighted by Crippen LogP contribution is 2.22. The molecule has 1 unspecified atom stereocenters. The Morgan fingerprint density at radius 2 is 1.83 bits per heavy atom. The summed E-state index contributed by atoms with van der Waals surface area (Å²) < 4.78 is 0. The smallest absolute Gasteiger partial charge is 0.314 e. The predicted molar refractivity (Wildman–Crippen MR) is 98.5 cm³/mol. The van der Waals surface area contributed by atoms with Crippen LogP contribution in [0.4, 0.5) is 10.5 Å². The molecule has 1 atom stereocenters. The highest BCUT2D eigenvalue weighted by atomic mass is 16.2. The summed E-state index contributed by atoms with van der Waals surface area (Å²) >= 11 is 0. The van der Waals surface area contributed by atoms with Crippen LogP contribution >= 0.6 is 0 Å². The Morgan fingerprint density at radius 3 is 2.62 bits per heavy atom. The van der Waals surface area contributed by atoms with E-state index in [-0.39, 0.29) is 6.03 Å². The molecule has 5 heteroatoms. The van der Waals surface area contributed by atoms with Crippen molar-refractivity contribution in [2.75, 3.05) is 50.7 Å². The lowest BCUT2D eigenvalue weighted by Crippen LogP contribution is -2.43. The number of anilines is 1. The molecular formula is C19H30N4O. The molecule has 5 nitrogen and oxygen atoms in total. The highest BCUT2D eigenvalue weighted by Gasteiger charge is 2.22. The van der Waals surface area contributed by atoms with Crippen molar-refractivity contribution < 1.29 is 4.79 Å². The van der Waals surface area contributed by atoms with Crippen LogP contribution in [0.2, 0.25) is 0 Å². The van der Waals surface area contributed by atoms with Gasteiger partial charge in [-0.25, -0.2) is 4.79 Å². The molecule has 1 aromatic rings. The molecule has 2 amide bonds. The van der Waals surface area contributed by atoms with Crippen LogP contribution < -0.4 is 15.5 Å². The molecule has 3 rings (SSSR count). The Bertz CT molecular complexity index is 501. The van der Waals surface area contributed by atoms with Gasteiger partial charge in [-0.15, -0.1) is 0 Å². The van der Waals surface area contributed by atoms with Crippen molar-refractivity contribution in [1.29, 1.82) is 0 Å². The molecule has 2 heterocycles. The van der Waals surface area contributed by atoms with E-state index in [9.17, 15) is 4.79 Å². The first-order valence-corrected chi connectivity index (χ1v) is 9.35. The van der Waals surface area contributed by atoms with Crippen molar-refractivity contribution in [3.8, 4) is 0 Å². The molecule has 0 saturated carbocycles. The summed E-state index contributed by atoms with van der Waals surface area (Å²) in [5, 5.41) is 6.03. The zero-order valence-electron chi connectivity index (χ0n) is 14.5. The first-order valence-electron chi connectivity index (χ1n) is 9.35. The monoisotopic (exact) mass is 330 g/mol. The number of amides is 2. The zero-order valence-corrected chi connectivity index (χ0v) is 14.5. The summed E-state index contributed by atoms with van der Waals surface area (Å²) in [6, 6.07) is 10.5. The second-order valence-electron chi connectivity index (χ2n) is 6.98. The first kappa shape index (κ1) is 17.1. The fraction of sp³-hybridized carbons (Fsp3) is 0.632. The molecule has 24 heavy (non-hydrogen) atoms. The molecule has 2 N–H and O–H groups in total. The molecule has 0 aromatic heterocycles. The van der Waals surface area contributed by atoms with Gasteiger partial charge in [0.2, 0.25) is 0 Å². The number of hydrogen-bond donors (Lipinski definition) is 2. The van der Waals surface area contributed by atoms with Gasteiger partial charge in [0.1, 0.15) is 0 Å². The quantitative estimate of drug-likeness (QED) is 0.841. The van der Waals surface area contributed by atoms with Gasteiger partial charge in [0.15, 0.2) is 0 Å². The van der Waals surface area contributed by atoms with Gasteiger partial charge in [0, 0.05) is 38.4 Å². The van der Waals surface area contributed by atoms with E-state index in [4.69, 9.17) is 0 Å². The number of nitrogens with zero attached hydrogens (tertiary/aromatic N) is 2. The van der Waals surface area contributed by atoms with E-state index >= 15 is 0 Å². The number of carbonyl (C=O) groups is 1. The maximum atomic E-state index is 11.9. The summed E-state index contributed by atoms with van der Waals surface area (Å²) in [6.45, 7) is 6.94. The lowest BCUT2D eigenvalue weighted by Gasteiger charge is -2.26. The minimum Gasteiger partial charge on any atom is -0.371 e. The van der Waals surface area contributed by atoms with Gasteiger partial charge in [-0.05, 0) is 50.4 Å². The number of likely N-dealkylation sites (tertiary alicyclic amines) is 1. The van der Waals surface area contributed by atoms with Crippen molar-refractivity contribution >= 4 is 11.7 Å². The van der Waals surface area contributed by atoms with Gasteiger partial charge in [-0.3, -0.25) is 0 Å². The summed E-state index contributed by atoms with van der Waals surface area (Å²) in [5.41, 5.74) is 1.28. The number of piperidine rings is 1. The van der Waals surface area contributed by atoms with Gasteiger partial charge in [0.25, 0.3) is 0 Å². The Labute approximate surface area is 145 Å². The van der Waals surface area contributed by atoms with E-state index in [0.717, 1.165) is 39.1 Å². The van der Waals surface area contributed by atoms with Gasteiger partial charge in [0.05, 0.1) is 0 Å². The molecule has 2 aliphatic rings. The average Bonchev–Trinajstić information content (AvgIpc) is 3.11. The molecule has 2 saturated heterocycles. The lowest BCUT2D eigenvalue weighted by molar-refractivity contribution is 0.220. The van der Waals surface area contributed by atoms with Crippen molar-refractivity contribution in [2.24, 2.45) is 5.92 Å². The minimum absolute atomic E-state index is 0.0230. The Balaban J connectivity index is 1.29. The average molecular weight is 330 g/mol. The maximum absolute atomic E-state index is 11.9.